The number of hydrogen-bond donors (Lipinski definition) is 2. The third-order valence-corrected chi connectivity index (χ3v) is 3.72. The van der Waals surface area contributed by atoms with Gasteiger partial charge in [-0.15, -0.1) is 0 Å². The average molecular weight is 309 g/mol. The van der Waals surface area contributed by atoms with E-state index in [1.807, 2.05) is 0 Å². The van der Waals surface area contributed by atoms with Gasteiger partial charge in [0.15, 0.2) is 11.6 Å². The lowest BCUT2D eigenvalue weighted by molar-refractivity contribution is -0.141. The number of amides is 1. The quantitative estimate of drug-likeness (QED) is 0.794. The number of carboxylic acid groups (broad SMARTS) is 1. The van der Waals surface area contributed by atoms with Crippen molar-refractivity contribution < 1.29 is 23.5 Å². The minimum Gasteiger partial charge on any atom is -0.480 e. The highest BCUT2D eigenvalue weighted by Crippen LogP contribution is 2.47. The third kappa shape index (κ3) is 3.69. The summed E-state index contributed by atoms with van der Waals surface area (Å²) in [6, 6.07) is 2.59. The lowest BCUT2D eigenvalue weighted by Gasteiger charge is -2.12. The van der Waals surface area contributed by atoms with E-state index in [2.05, 4.69) is 5.32 Å². The van der Waals surface area contributed by atoms with E-state index in [0.29, 0.717) is 12.0 Å². The second kappa shape index (κ2) is 6.68. The number of benzene rings is 1. The van der Waals surface area contributed by atoms with E-state index >= 15 is 0 Å². The molecule has 0 radical (unpaired) electrons. The zero-order valence-corrected chi connectivity index (χ0v) is 12.1. The first-order chi connectivity index (χ1) is 10.4. The normalized spacial score (nSPS) is 21.6. The highest BCUT2D eigenvalue weighted by atomic mass is 19.2. The molecule has 2 rings (SSSR count). The van der Waals surface area contributed by atoms with Crippen molar-refractivity contribution in [2.75, 3.05) is 0 Å². The van der Waals surface area contributed by atoms with Crippen LogP contribution >= 0.6 is 0 Å². The van der Waals surface area contributed by atoms with Crippen LogP contribution in [0.5, 0.6) is 0 Å². The third-order valence-electron chi connectivity index (χ3n) is 3.72. The van der Waals surface area contributed by atoms with Gasteiger partial charge in [-0.05, 0) is 43.4 Å². The number of halogens is 2. The predicted octanol–water partition coefficient (Wildman–Crippen LogP) is 2.60. The summed E-state index contributed by atoms with van der Waals surface area (Å²) in [6.07, 6.45) is 4.09. The molecule has 1 saturated carbocycles. The monoisotopic (exact) mass is 309 g/mol. The molecule has 1 aromatic rings. The standard InChI is InChI=1S/C16H17F2NO3/c1-2-3-4-14(16(21)22)19-15(20)11-8-10(11)9-5-6-12(17)13(18)7-9/h2-3,5-7,10-11,14H,4,8H2,1H3,(H,19,20)(H,21,22)/b3-2+. The van der Waals surface area contributed by atoms with Crippen LogP contribution < -0.4 is 5.32 Å². The molecule has 1 aliphatic rings. The molecule has 2 N–H and O–H groups in total. The average Bonchev–Trinajstić information content (AvgIpc) is 3.26. The minimum atomic E-state index is -1.10. The molecule has 1 aliphatic carbocycles. The molecule has 3 atom stereocenters. The number of carbonyl (C=O) groups is 2. The van der Waals surface area contributed by atoms with Crippen molar-refractivity contribution in [3.05, 3.63) is 47.5 Å². The van der Waals surface area contributed by atoms with Crippen LogP contribution in [0.4, 0.5) is 8.78 Å². The second-order valence-corrected chi connectivity index (χ2v) is 5.33. The Bertz CT molecular complexity index is 615. The molecule has 1 aromatic carbocycles. The molecule has 0 heterocycles. The van der Waals surface area contributed by atoms with Crippen LogP contribution in [0.2, 0.25) is 0 Å². The van der Waals surface area contributed by atoms with Crippen molar-refractivity contribution in [2.24, 2.45) is 5.92 Å². The SMILES string of the molecule is C/C=C/CC(NC(=O)C1CC1c1ccc(F)c(F)c1)C(=O)O. The first-order valence-electron chi connectivity index (χ1n) is 7.03. The lowest BCUT2D eigenvalue weighted by Crippen LogP contribution is -2.41. The Hall–Kier alpha value is -2.24. The van der Waals surface area contributed by atoms with Crippen LogP contribution in [0.25, 0.3) is 0 Å². The maximum Gasteiger partial charge on any atom is 0.326 e. The van der Waals surface area contributed by atoms with Gasteiger partial charge in [-0.1, -0.05) is 18.2 Å². The summed E-state index contributed by atoms with van der Waals surface area (Å²) in [4.78, 5) is 23.1. The topological polar surface area (TPSA) is 66.4 Å². The summed E-state index contributed by atoms with van der Waals surface area (Å²) >= 11 is 0. The fraction of sp³-hybridized carbons (Fsp3) is 0.375. The summed E-state index contributed by atoms with van der Waals surface area (Å²) in [7, 11) is 0. The zero-order valence-electron chi connectivity index (χ0n) is 12.1. The maximum atomic E-state index is 13.2. The van der Waals surface area contributed by atoms with Gasteiger partial charge < -0.3 is 10.4 Å². The van der Waals surface area contributed by atoms with Crippen molar-refractivity contribution in [1.29, 1.82) is 0 Å². The van der Waals surface area contributed by atoms with Gasteiger partial charge in [-0.2, -0.15) is 0 Å². The van der Waals surface area contributed by atoms with Crippen LogP contribution in [0, 0.1) is 17.6 Å². The van der Waals surface area contributed by atoms with E-state index in [4.69, 9.17) is 5.11 Å². The number of carboxylic acids is 1. The molecule has 0 aromatic heterocycles. The predicted molar refractivity (Wildman–Crippen MR) is 76.2 cm³/mol. The molecular formula is C16H17F2NO3. The summed E-state index contributed by atoms with van der Waals surface area (Å²) in [5.74, 6) is -3.92. The Morgan fingerprint density at radius 3 is 2.73 bits per heavy atom. The summed E-state index contributed by atoms with van der Waals surface area (Å²) in [5, 5.41) is 11.5. The van der Waals surface area contributed by atoms with E-state index in [1.165, 1.54) is 6.07 Å². The summed E-state index contributed by atoms with van der Waals surface area (Å²) in [6.45, 7) is 1.76. The van der Waals surface area contributed by atoms with Crippen molar-refractivity contribution in [2.45, 2.75) is 31.7 Å². The van der Waals surface area contributed by atoms with Gasteiger partial charge in [0.1, 0.15) is 6.04 Å². The molecule has 0 bridgehead atoms. The Morgan fingerprint density at radius 1 is 1.41 bits per heavy atom. The van der Waals surface area contributed by atoms with Crippen molar-refractivity contribution in [3.63, 3.8) is 0 Å². The van der Waals surface area contributed by atoms with Gasteiger partial charge in [-0.25, -0.2) is 13.6 Å². The summed E-state index contributed by atoms with van der Waals surface area (Å²) in [5.41, 5.74) is 0.555. The Kier molecular flexibility index (Phi) is 4.90. The number of rotatable bonds is 6. The maximum absolute atomic E-state index is 13.2. The van der Waals surface area contributed by atoms with Gasteiger partial charge in [0.25, 0.3) is 0 Å². The van der Waals surface area contributed by atoms with Gasteiger partial charge >= 0.3 is 5.97 Å². The Balaban J connectivity index is 1.97. The smallest absolute Gasteiger partial charge is 0.326 e. The minimum absolute atomic E-state index is 0.189. The highest BCUT2D eigenvalue weighted by Gasteiger charge is 2.45. The Labute approximate surface area is 126 Å². The van der Waals surface area contributed by atoms with E-state index in [9.17, 15) is 18.4 Å². The number of allylic oxidation sites excluding steroid dienone is 1. The second-order valence-electron chi connectivity index (χ2n) is 5.33. The first kappa shape index (κ1) is 16.1. The number of aliphatic carboxylic acids is 1. The number of nitrogens with one attached hydrogen (secondary N) is 1. The molecule has 0 aliphatic heterocycles. The lowest BCUT2D eigenvalue weighted by atomic mass is 10.1. The van der Waals surface area contributed by atoms with Crippen LogP contribution in [0.15, 0.2) is 30.4 Å². The van der Waals surface area contributed by atoms with Gasteiger partial charge in [0.2, 0.25) is 5.91 Å². The molecule has 0 spiro atoms. The van der Waals surface area contributed by atoms with Gasteiger partial charge in [-0.3, -0.25) is 4.79 Å². The molecule has 1 fully saturated rings. The van der Waals surface area contributed by atoms with Crippen LogP contribution in [-0.2, 0) is 9.59 Å². The molecule has 4 nitrogen and oxygen atoms in total. The fourth-order valence-corrected chi connectivity index (χ4v) is 2.37. The van der Waals surface area contributed by atoms with Crippen molar-refractivity contribution in [3.8, 4) is 0 Å². The first-order valence-corrected chi connectivity index (χ1v) is 7.03. The summed E-state index contributed by atoms with van der Waals surface area (Å²) < 4.78 is 26.1. The van der Waals surface area contributed by atoms with Gasteiger partial charge in [0, 0.05) is 5.92 Å². The largest absolute Gasteiger partial charge is 0.480 e. The molecule has 118 valence electrons. The van der Waals surface area contributed by atoms with E-state index in [0.717, 1.165) is 12.1 Å². The fourth-order valence-electron chi connectivity index (χ4n) is 2.37. The highest BCUT2D eigenvalue weighted by molar-refractivity contribution is 5.87. The molecular weight excluding hydrogens is 292 g/mol. The number of carbonyl (C=O) groups excluding carboxylic acids is 1. The molecule has 1 amide bonds. The molecule has 6 heteroatoms. The number of hydrogen-bond acceptors (Lipinski definition) is 2. The zero-order chi connectivity index (χ0) is 16.3. The van der Waals surface area contributed by atoms with E-state index in [-0.39, 0.29) is 18.2 Å². The molecule has 22 heavy (non-hydrogen) atoms. The van der Waals surface area contributed by atoms with Crippen LogP contribution in [0.3, 0.4) is 0 Å². The van der Waals surface area contributed by atoms with E-state index in [1.54, 1.807) is 19.1 Å². The van der Waals surface area contributed by atoms with Crippen molar-refractivity contribution >= 4 is 11.9 Å². The van der Waals surface area contributed by atoms with Gasteiger partial charge in [0.05, 0.1) is 0 Å². The van der Waals surface area contributed by atoms with Crippen molar-refractivity contribution in [1.82, 2.24) is 5.32 Å². The molecule has 3 unspecified atom stereocenters. The van der Waals surface area contributed by atoms with Crippen LogP contribution in [0.1, 0.15) is 31.2 Å². The molecule has 0 saturated heterocycles. The van der Waals surface area contributed by atoms with Crippen LogP contribution in [-0.4, -0.2) is 23.0 Å². The van der Waals surface area contributed by atoms with E-state index < -0.39 is 29.6 Å². The Morgan fingerprint density at radius 2 is 2.14 bits per heavy atom.